The topological polar surface area (TPSA) is 70.6 Å². The Labute approximate surface area is 148 Å². The maximum atomic E-state index is 12.4. The number of carbonyl (C=O) groups excluding carboxylic acids is 1. The van der Waals surface area contributed by atoms with Gasteiger partial charge in [-0.3, -0.25) is 0 Å². The quantitative estimate of drug-likeness (QED) is 0.756. The van der Waals surface area contributed by atoms with Crippen molar-refractivity contribution < 1.29 is 14.6 Å². The van der Waals surface area contributed by atoms with Crippen LogP contribution in [0.1, 0.15) is 30.0 Å². The highest BCUT2D eigenvalue weighted by molar-refractivity contribution is 5.90. The molecule has 0 radical (unpaired) electrons. The minimum atomic E-state index is -0.713. The van der Waals surface area contributed by atoms with E-state index < -0.39 is 5.54 Å². The summed E-state index contributed by atoms with van der Waals surface area (Å²) in [6.07, 6.45) is 1.55. The second-order valence-corrected chi connectivity index (χ2v) is 6.31. The minimum absolute atomic E-state index is 0.120. The molecule has 3 rings (SSSR count). The van der Waals surface area contributed by atoms with Gasteiger partial charge in [0.2, 0.25) is 0 Å². The third-order valence-corrected chi connectivity index (χ3v) is 4.66. The van der Waals surface area contributed by atoms with E-state index in [-0.39, 0.29) is 12.6 Å². The Morgan fingerprint density at radius 3 is 2.68 bits per heavy atom. The predicted molar refractivity (Wildman–Crippen MR) is 97.5 cm³/mol. The van der Waals surface area contributed by atoms with Crippen LogP contribution in [0.15, 0.2) is 48.5 Å². The van der Waals surface area contributed by atoms with Crippen molar-refractivity contribution in [3.8, 4) is 0 Å². The van der Waals surface area contributed by atoms with E-state index in [1.165, 1.54) is 5.56 Å². The summed E-state index contributed by atoms with van der Waals surface area (Å²) < 4.78 is 5.36. The second-order valence-electron chi connectivity index (χ2n) is 6.31. The fraction of sp³-hybridized carbons (Fsp3) is 0.350. The SMILES string of the molecule is CCOCc1ccc(NC(=O)NC2(CO)CCc3ccccc32)cc1. The molecule has 25 heavy (non-hydrogen) atoms. The normalized spacial score (nSPS) is 18.6. The lowest BCUT2D eigenvalue weighted by Gasteiger charge is -2.29. The summed E-state index contributed by atoms with van der Waals surface area (Å²) in [6.45, 7) is 3.07. The molecule has 1 unspecified atom stereocenters. The Kier molecular flexibility index (Phi) is 5.36. The number of benzene rings is 2. The molecule has 0 saturated heterocycles. The predicted octanol–water partition coefficient (Wildman–Crippen LogP) is 3.18. The number of hydrogen-bond donors (Lipinski definition) is 3. The lowest BCUT2D eigenvalue weighted by atomic mass is 9.93. The largest absolute Gasteiger partial charge is 0.394 e. The molecule has 0 saturated carbocycles. The van der Waals surface area contributed by atoms with Crippen LogP contribution in [0, 0.1) is 0 Å². The van der Waals surface area contributed by atoms with E-state index in [1.807, 2.05) is 55.5 Å². The Hall–Kier alpha value is -2.37. The standard InChI is InChI=1S/C20H24N2O3/c1-2-25-13-15-7-9-17(10-8-15)21-19(24)22-20(14-23)12-11-16-5-3-4-6-18(16)20/h3-10,23H,2,11-14H2,1H3,(H2,21,22,24). The van der Waals surface area contributed by atoms with Crippen molar-refractivity contribution in [2.45, 2.75) is 31.9 Å². The van der Waals surface area contributed by atoms with E-state index in [1.54, 1.807) is 0 Å². The molecular formula is C20H24N2O3. The van der Waals surface area contributed by atoms with Gasteiger partial charge in [-0.2, -0.15) is 0 Å². The molecule has 2 aromatic carbocycles. The molecule has 1 aliphatic carbocycles. The van der Waals surface area contributed by atoms with E-state index in [0.29, 0.717) is 25.3 Å². The van der Waals surface area contributed by atoms with Crippen LogP contribution in [0.5, 0.6) is 0 Å². The zero-order valence-electron chi connectivity index (χ0n) is 14.4. The number of urea groups is 1. The summed E-state index contributed by atoms with van der Waals surface area (Å²) in [5.41, 5.74) is 3.23. The summed E-state index contributed by atoms with van der Waals surface area (Å²) in [5, 5.41) is 15.8. The number of fused-ring (bicyclic) bond motifs is 1. The Morgan fingerprint density at radius 2 is 1.96 bits per heavy atom. The number of carbonyl (C=O) groups is 1. The molecule has 0 aliphatic heterocycles. The molecule has 5 heteroatoms. The van der Waals surface area contributed by atoms with E-state index in [9.17, 15) is 9.90 Å². The highest BCUT2D eigenvalue weighted by Gasteiger charge is 2.39. The molecule has 0 fully saturated rings. The Balaban J connectivity index is 1.66. The van der Waals surface area contributed by atoms with Crippen LogP contribution < -0.4 is 10.6 Å². The molecule has 0 aromatic heterocycles. The van der Waals surface area contributed by atoms with E-state index in [2.05, 4.69) is 10.6 Å². The van der Waals surface area contributed by atoms with E-state index in [0.717, 1.165) is 17.5 Å². The van der Waals surface area contributed by atoms with Crippen LogP contribution in [-0.4, -0.2) is 24.4 Å². The number of aliphatic hydroxyl groups is 1. The lowest BCUT2D eigenvalue weighted by Crippen LogP contribution is -2.48. The van der Waals surface area contributed by atoms with Crippen molar-refractivity contribution in [2.75, 3.05) is 18.5 Å². The van der Waals surface area contributed by atoms with Crippen molar-refractivity contribution in [3.05, 3.63) is 65.2 Å². The van der Waals surface area contributed by atoms with Crippen LogP contribution >= 0.6 is 0 Å². The fourth-order valence-corrected chi connectivity index (χ4v) is 3.31. The average Bonchev–Trinajstić information content (AvgIpc) is 3.00. The molecule has 0 heterocycles. The average molecular weight is 340 g/mol. The van der Waals surface area contributed by atoms with E-state index >= 15 is 0 Å². The van der Waals surface area contributed by atoms with Gasteiger partial charge in [-0.15, -0.1) is 0 Å². The highest BCUT2D eigenvalue weighted by Crippen LogP contribution is 2.36. The van der Waals surface area contributed by atoms with Gasteiger partial charge >= 0.3 is 6.03 Å². The molecule has 132 valence electrons. The number of amides is 2. The van der Waals surface area contributed by atoms with Crippen LogP contribution in [0.3, 0.4) is 0 Å². The first-order valence-electron chi connectivity index (χ1n) is 8.62. The maximum Gasteiger partial charge on any atom is 0.320 e. The first kappa shape index (κ1) is 17.5. The smallest absolute Gasteiger partial charge is 0.320 e. The van der Waals surface area contributed by atoms with Gasteiger partial charge in [0.25, 0.3) is 0 Å². The first-order valence-corrected chi connectivity index (χ1v) is 8.62. The summed E-state index contributed by atoms with van der Waals surface area (Å²) >= 11 is 0. The molecule has 2 aromatic rings. The van der Waals surface area contributed by atoms with Crippen LogP contribution in [-0.2, 0) is 23.3 Å². The van der Waals surface area contributed by atoms with Gasteiger partial charge in [-0.1, -0.05) is 36.4 Å². The maximum absolute atomic E-state index is 12.4. The third kappa shape index (κ3) is 3.83. The summed E-state index contributed by atoms with van der Waals surface area (Å²) in [6, 6.07) is 15.2. The number of aliphatic hydroxyl groups excluding tert-OH is 1. The van der Waals surface area contributed by atoms with Gasteiger partial charge in [0, 0.05) is 12.3 Å². The van der Waals surface area contributed by atoms with Crippen molar-refractivity contribution in [3.63, 3.8) is 0 Å². The lowest BCUT2D eigenvalue weighted by molar-refractivity contribution is 0.134. The fourth-order valence-electron chi connectivity index (χ4n) is 3.31. The zero-order chi connectivity index (χ0) is 17.7. The minimum Gasteiger partial charge on any atom is -0.394 e. The number of ether oxygens (including phenoxy) is 1. The van der Waals surface area contributed by atoms with Crippen molar-refractivity contribution in [2.24, 2.45) is 0 Å². The van der Waals surface area contributed by atoms with Crippen LogP contribution in [0.4, 0.5) is 10.5 Å². The summed E-state index contributed by atoms with van der Waals surface area (Å²) in [5.74, 6) is 0. The highest BCUT2D eigenvalue weighted by atomic mass is 16.5. The number of nitrogens with one attached hydrogen (secondary N) is 2. The van der Waals surface area contributed by atoms with Gasteiger partial charge < -0.3 is 20.5 Å². The van der Waals surface area contributed by atoms with Crippen LogP contribution in [0.2, 0.25) is 0 Å². The zero-order valence-corrected chi connectivity index (χ0v) is 14.4. The number of rotatable bonds is 6. The molecule has 5 nitrogen and oxygen atoms in total. The first-order chi connectivity index (χ1) is 12.2. The molecule has 2 amide bonds. The van der Waals surface area contributed by atoms with Crippen molar-refractivity contribution in [1.29, 1.82) is 0 Å². The van der Waals surface area contributed by atoms with E-state index in [4.69, 9.17) is 4.74 Å². The molecule has 1 aliphatic rings. The molecule has 3 N–H and O–H groups in total. The van der Waals surface area contributed by atoms with Gasteiger partial charge in [0.1, 0.15) is 0 Å². The van der Waals surface area contributed by atoms with Crippen molar-refractivity contribution >= 4 is 11.7 Å². The van der Waals surface area contributed by atoms with Gasteiger partial charge in [0.05, 0.1) is 18.8 Å². The van der Waals surface area contributed by atoms with Crippen LogP contribution in [0.25, 0.3) is 0 Å². The van der Waals surface area contributed by atoms with Gasteiger partial charge in [0.15, 0.2) is 0 Å². The Bertz CT molecular complexity index is 730. The number of hydrogen-bond acceptors (Lipinski definition) is 3. The molecule has 0 spiro atoms. The van der Waals surface area contributed by atoms with Crippen molar-refractivity contribution in [1.82, 2.24) is 5.32 Å². The number of aryl methyl sites for hydroxylation is 1. The molecule has 1 atom stereocenters. The Morgan fingerprint density at radius 1 is 1.20 bits per heavy atom. The summed E-state index contributed by atoms with van der Waals surface area (Å²) in [4.78, 5) is 12.4. The second kappa shape index (κ2) is 7.68. The third-order valence-electron chi connectivity index (χ3n) is 4.66. The number of anilines is 1. The molecular weight excluding hydrogens is 316 g/mol. The molecule has 0 bridgehead atoms. The monoisotopic (exact) mass is 340 g/mol. The van der Waals surface area contributed by atoms with Gasteiger partial charge in [-0.25, -0.2) is 4.79 Å². The van der Waals surface area contributed by atoms with Gasteiger partial charge in [-0.05, 0) is 48.6 Å². The summed E-state index contributed by atoms with van der Waals surface area (Å²) in [7, 11) is 0.